The van der Waals surface area contributed by atoms with Gasteiger partial charge >= 0.3 is 5.97 Å². The lowest BCUT2D eigenvalue weighted by atomic mass is 9.99. The number of benzene rings is 2. The van der Waals surface area contributed by atoms with Crippen molar-refractivity contribution in [3.05, 3.63) is 41.0 Å². The number of hydrogen-bond acceptors (Lipinski definition) is 5. The number of rotatable bonds is 2. The summed E-state index contributed by atoms with van der Waals surface area (Å²) in [5.41, 5.74) is 2.40. The second kappa shape index (κ2) is 5.01. The first-order chi connectivity index (χ1) is 9.90. The van der Waals surface area contributed by atoms with E-state index in [2.05, 4.69) is 0 Å². The monoisotopic (exact) mass is 324 g/mol. The third-order valence-corrected chi connectivity index (χ3v) is 5.33. The third kappa shape index (κ3) is 2.52. The Balaban J connectivity index is 2.37. The van der Waals surface area contributed by atoms with E-state index in [1.807, 2.05) is 12.1 Å². The van der Waals surface area contributed by atoms with Crippen LogP contribution in [0.5, 0.6) is 0 Å². The first kappa shape index (κ1) is 14.4. The van der Waals surface area contributed by atoms with Gasteiger partial charge in [-0.3, -0.25) is 4.55 Å². The van der Waals surface area contributed by atoms with E-state index in [4.69, 9.17) is 4.74 Å². The van der Waals surface area contributed by atoms with Gasteiger partial charge in [-0.2, -0.15) is 20.2 Å². The van der Waals surface area contributed by atoms with Gasteiger partial charge in [-0.25, -0.2) is 4.79 Å². The minimum absolute atomic E-state index is 0.141. The third-order valence-electron chi connectivity index (χ3n) is 3.46. The summed E-state index contributed by atoms with van der Waals surface area (Å²) in [6, 6.07) is 6.29. The fourth-order valence-electron chi connectivity index (χ4n) is 2.44. The van der Waals surface area contributed by atoms with Crippen molar-refractivity contribution in [2.45, 2.75) is 16.4 Å². The molecule has 0 bridgehead atoms. The molecule has 0 spiro atoms. The van der Waals surface area contributed by atoms with Crippen LogP contribution in [-0.4, -0.2) is 26.0 Å². The Morgan fingerprint density at radius 3 is 2.48 bits per heavy atom. The molecular weight excluding hydrogens is 312 g/mol. The fourth-order valence-corrected chi connectivity index (χ4v) is 4.07. The predicted octanol–water partition coefficient (Wildman–Crippen LogP) is 2.62. The highest BCUT2D eigenvalue weighted by Crippen LogP contribution is 2.35. The summed E-state index contributed by atoms with van der Waals surface area (Å²) in [7, 11) is -3.15. The van der Waals surface area contributed by atoms with Crippen LogP contribution in [0.1, 0.15) is 21.5 Å². The van der Waals surface area contributed by atoms with Gasteiger partial charge in [-0.1, -0.05) is 0 Å². The van der Waals surface area contributed by atoms with Gasteiger partial charge in [0.05, 0.1) is 17.6 Å². The molecule has 2 aromatic rings. The molecule has 1 aliphatic rings. The molecule has 0 atom stereocenters. The van der Waals surface area contributed by atoms with Crippen LogP contribution >= 0.6 is 11.8 Å². The van der Waals surface area contributed by atoms with Crippen molar-refractivity contribution in [3.63, 3.8) is 0 Å². The molecule has 0 amide bonds. The molecule has 0 saturated heterocycles. The zero-order valence-electron chi connectivity index (χ0n) is 11.1. The Labute approximate surface area is 126 Å². The highest BCUT2D eigenvalue weighted by molar-refractivity contribution is 7.98. The van der Waals surface area contributed by atoms with Crippen molar-refractivity contribution >= 4 is 38.6 Å². The van der Waals surface area contributed by atoms with Crippen molar-refractivity contribution in [2.24, 2.45) is 0 Å². The van der Waals surface area contributed by atoms with E-state index in [0.29, 0.717) is 10.8 Å². The molecule has 21 heavy (non-hydrogen) atoms. The number of fused-ring (bicyclic) bond motifs is 2. The fraction of sp³-hybridized carbons (Fsp3) is 0.214. The smallest absolute Gasteiger partial charge is 0.338 e. The van der Waals surface area contributed by atoms with Crippen molar-refractivity contribution in [2.75, 3.05) is 7.11 Å². The van der Waals surface area contributed by atoms with Gasteiger partial charge in [0, 0.05) is 11.5 Å². The number of esters is 1. The van der Waals surface area contributed by atoms with Crippen molar-refractivity contribution in [3.8, 4) is 0 Å². The van der Waals surface area contributed by atoms with Gasteiger partial charge in [0.25, 0.3) is 10.1 Å². The lowest BCUT2D eigenvalue weighted by molar-refractivity contribution is 0.0602. The van der Waals surface area contributed by atoms with E-state index in [9.17, 15) is 17.8 Å². The molecule has 3 rings (SSSR count). The minimum Gasteiger partial charge on any atom is -0.465 e. The molecule has 1 heterocycles. The highest BCUT2D eigenvalue weighted by atomic mass is 32.2. The summed E-state index contributed by atoms with van der Waals surface area (Å²) in [4.78, 5) is 11.6. The Morgan fingerprint density at radius 2 is 1.86 bits per heavy atom. The first-order valence-electron chi connectivity index (χ1n) is 6.13. The number of ether oxygens (including phenoxy) is 1. The average Bonchev–Trinajstić information content (AvgIpc) is 2.88. The quantitative estimate of drug-likeness (QED) is 0.675. The molecule has 7 heteroatoms. The maximum absolute atomic E-state index is 11.9. The van der Waals surface area contributed by atoms with Gasteiger partial charge in [-0.15, -0.1) is 0 Å². The molecule has 0 aliphatic carbocycles. The van der Waals surface area contributed by atoms with Crippen LogP contribution in [0.4, 0.5) is 0 Å². The van der Waals surface area contributed by atoms with Crippen LogP contribution in [-0.2, 0) is 26.4 Å². The largest absolute Gasteiger partial charge is 0.465 e. The first-order valence-corrected chi connectivity index (χ1v) is 8.73. The predicted molar refractivity (Wildman–Crippen MR) is 80.1 cm³/mol. The number of methoxy groups -OCH3 is 1. The maximum Gasteiger partial charge on any atom is 0.338 e. The van der Waals surface area contributed by atoms with E-state index in [1.165, 1.54) is 13.2 Å². The molecule has 5 nitrogen and oxygen atoms in total. The van der Waals surface area contributed by atoms with E-state index < -0.39 is 16.1 Å². The molecule has 1 aliphatic heterocycles. The van der Waals surface area contributed by atoms with E-state index >= 15 is 0 Å². The van der Waals surface area contributed by atoms with Crippen LogP contribution in [0.3, 0.4) is 0 Å². The van der Waals surface area contributed by atoms with Crippen LogP contribution in [0.15, 0.2) is 29.2 Å². The van der Waals surface area contributed by atoms with Gasteiger partial charge in [-0.05, 0) is 46.2 Å². The lowest BCUT2D eigenvalue weighted by Gasteiger charge is -2.10. The summed E-state index contributed by atoms with van der Waals surface area (Å²) < 4.78 is 36.7. The van der Waals surface area contributed by atoms with Gasteiger partial charge in [0.15, 0.2) is 0 Å². The Hall–Kier alpha value is -1.57. The van der Waals surface area contributed by atoms with Crippen molar-refractivity contribution < 1.29 is 22.5 Å². The van der Waals surface area contributed by atoms with Crippen LogP contribution < -0.4 is 0 Å². The number of carbonyl (C=O) groups excluding carboxylic acids is 1. The standard InChI is InChI=1S/C14H12O5S2/c1-19-14(15)13-5-11(21(16,17)18)3-8-2-9-6-20-7-10(9)4-12(8)13/h2-5H,6-7H2,1H3,(H,16,17,18). The van der Waals surface area contributed by atoms with Crippen LogP contribution in [0.25, 0.3) is 10.8 Å². The molecule has 0 aromatic heterocycles. The van der Waals surface area contributed by atoms with Crippen molar-refractivity contribution in [1.82, 2.24) is 0 Å². The Morgan fingerprint density at radius 1 is 1.19 bits per heavy atom. The van der Waals surface area contributed by atoms with Gasteiger partial charge < -0.3 is 4.74 Å². The molecule has 0 radical (unpaired) electrons. The van der Waals surface area contributed by atoms with Crippen LogP contribution in [0.2, 0.25) is 0 Å². The van der Waals surface area contributed by atoms with Gasteiger partial charge in [0.1, 0.15) is 0 Å². The molecule has 0 fully saturated rings. The summed E-state index contributed by atoms with van der Waals surface area (Å²) >= 11 is 1.76. The molecule has 0 saturated carbocycles. The second-order valence-electron chi connectivity index (χ2n) is 4.77. The molecule has 2 aromatic carbocycles. The van der Waals surface area contributed by atoms with Gasteiger partial charge in [0.2, 0.25) is 0 Å². The summed E-state index contributed by atoms with van der Waals surface area (Å²) in [6.07, 6.45) is 0. The molecule has 1 N–H and O–H groups in total. The maximum atomic E-state index is 11.9. The van der Waals surface area contributed by atoms with E-state index in [0.717, 1.165) is 28.7 Å². The Kier molecular flexibility index (Phi) is 3.43. The molecular formula is C14H12O5S2. The number of thioether (sulfide) groups is 1. The highest BCUT2D eigenvalue weighted by Gasteiger charge is 2.20. The van der Waals surface area contributed by atoms with E-state index in [1.54, 1.807) is 11.8 Å². The second-order valence-corrected chi connectivity index (χ2v) is 7.18. The lowest BCUT2D eigenvalue weighted by Crippen LogP contribution is -2.06. The number of carbonyl (C=O) groups is 1. The Bertz CT molecular complexity index is 855. The summed E-state index contributed by atoms with van der Waals surface area (Å²) in [5.74, 6) is 1.09. The van der Waals surface area contributed by atoms with Crippen LogP contribution in [0, 0.1) is 0 Å². The topological polar surface area (TPSA) is 80.7 Å². The average molecular weight is 324 g/mol. The molecule has 110 valence electrons. The summed E-state index contributed by atoms with van der Waals surface area (Å²) in [5, 5.41) is 1.24. The SMILES string of the molecule is COC(=O)c1cc(S(=O)(=O)O)cc2cc3c(cc12)CSC3. The minimum atomic E-state index is -4.39. The normalized spacial score (nSPS) is 14.2. The van der Waals surface area contributed by atoms with Crippen molar-refractivity contribution in [1.29, 1.82) is 0 Å². The summed E-state index contributed by atoms with van der Waals surface area (Å²) in [6.45, 7) is 0. The zero-order chi connectivity index (χ0) is 15.2. The molecule has 0 unspecified atom stereocenters. The number of hydrogen-bond donors (Lipinski definition) is 1. The van der Waals surface area contributed by atoms with E-state index in [-0.39, 0.29) is 10.5 Å². The zero-order valence-corrected chi connectivity index (χ0v) is 12.8.